The molecule has 6 aromatic heterocycles. The maximum atomic E-state index is 10.8. The summed E-state index contributed by atoms with van der Waals surface area (Å²) in [5.74, 6) is -0.708. The Kier molecular flexibility index (Phi) is 40.2. The molecule has 0 saturated heterocycles. The first-order chi connectivity index (χ1) is 45.0. The quantitative estimate of drug-likeness (QED) is 0.0587. The van der Waals surface area contributed by atoms with Crippen molar-refractivity contribution in [3.8, 4) is 73.3 Å². The van der Waals surface area contributed by atoms with Crippen LogP contribution in [0.25, 0.3) is 67.5 Å². The summed E-state index contributed by atoms with van der Waals surface area (Å²) in [6.07, 6.45) is 14.6. The predicted molar refractivity (Wildman–Crippen MR) is 397 cm³/mol. The van der Waals surface area contributed by atoms with Crippen LogP contribution in [0.1, 0.15) is 22.3 Å². The maximum absolute atomic E-state index is 10.8. The van der Waals surface area contributed by atoms with E-state index in [1.807, 2.05) is 134 Å². The molecular weight excluding hydrogens is 2290 g/mol. The van der Waals surface area contributed by atoms with Gasteiger partial charge in [0.25, 0.3) is 0 Å². The molecule has 0 saturated carbocycles. The third-order valence-electron chi connectivity index (χ3n) is 14.9. The van der Waals surface area contributed by atoms with Gasteiger partial charge in [0.15, 0.2) is 0 Å². The van der Waals surface area contributed by atoms with Crippen molar-refractivity contribution in [3.05, 3.63) is 291 Å². The van der Waals surface area contributed by atoms with Gasteiger partial charge < -0.3 is 39.6 Å². The molecule has 20 heteroatoms. The number of carbonyl (C=O) groups is 1. The zero-order chi connectivity index (χ0) is 67.1. The molecular formula is C80H81Ir2N8O3P3Pt3Rh-2. The van der Waals surface area contributed by atoms with Crippen LogP contribution in [-0.4, -0.2) is 132 Å². The summed E-state index contributed by atoms with van der Waals surface area (Å²) in [4.78, 5) is 40.3. The largest absolute Gasteiger partial charge is 0.527 e. The molecule has 13 rings (SSSR count). The van der Waals surface area contributed by atoms with Crippen molar-refractivity contribution in [1.29, 1.82) is 0 Å². The molecule has 533 valence electrons. The van der Waals surface area contributed by atoms with E-state index in [1.54, 1.807) is 55.2 Å². The second-order valence-corrected chi connectivity index (χ2v) is 38.7. The number of aryl methyl sites for hydroxylation is 1. The molecule has 0 amide bonds. The van der Waals surface area contributed by atoms with Gasteiger partial charge in [-0.05, 0) is 76.5 Å². The van der Waals surface area contributed by atoms with E-state index in [-0.39, 0.29) is 134 Å². The molecule has 3 radical (unpaired) electrons. The second-order valence-electron chi connectivity index (χ2n) is 25.1. The second kappa shape index (κ2) is 44.3. The number of hydrogen-bond donors (Lipinski definition) is 2. The Labute approximate surface area is 677 Å². The molecule has 0 unspecified atom stereocenters. The molecule has 0 fully saturated rings. The van der Waals surface area contributed by atoms with E-state index in [9.17, 15) is 9.90 Å². The number of carboxylic acids is 1. The van der Waals surface area contributed by atoms with Gasteiger partial charge in [-0.3, -0.25) is 4.98 Å². The normalized spacial score (nSPS) is 11.3. The number of carboxylic acid groups (broad SMARTS) is 1. The van der Waals surface area contributed by atoms with E-state index in [1.165, 1.54) is 52.6 Å². The summed E-state index contributed by atoms with van der Waals surface area (Å²) in [7, 11) is 1.65. The van der Waals surface area contributed by atoms with E-state index in [0.717, 1.165) is 66.5 Å². The molecule has 2 N–H and O–H groups in total. The number of quaternary nitrogens is 1. The molecule has 11 nitrogen and oxygen atoms in total. The van der Waals surface area contributed by atoms with Crippen LogP contribution in [0.4, 0.5) is 5.69 Å². The first kappa shape index (κ1) is 90.7. The van der Waals surface area contributed by atoms with E-state index >= 15 is 0 Å². The van der Waals surface area contributed by atoms with E-state index < -0.39 is 27.8 Å². The SMILES string of the molecule is C[N+]1(C)CCCc2c[c-]c(-c3ccccn3)cc21.C[P+](C)(C)c1cc[c-]c(-c2ccccn2)c1.C[P+](C)(C)c1cc[c-]c(-c2ccccn2)c1.C[P+](C)(C)c1cc[c-]c(-c2ccncn2)c1.O=C(O)c1cc[c-]c(-c2ccccn2)c1.Oc1cc[c-]c(-c2ccccn2)c1.[Ir].[Ir].[Pt].[Pt].[Pt].[Rh]. The Morgan fingerprint density at radius 2 is 0.760 bits per heavy atom. The van der Waals surface area contributed by atoms with Crippen molar-refractivity contribution in [2.24, 2.45) is 0 Å². The summed E-state index contributed by atoms with van der Waals surface area (Å²) in [5.41, 5.74) is 14.4. The number of rotatable bonds is 10. The van der Waals surface area contributed by atoms with Gasteiger partial charge in [0.1, 0.15) is 6.33 Å². The predicted octanol–water partition coefficient (Wildman–Crippen LogP) is 16.2. The fourth-order valence-electron chi connectivity index (χ4n) is 9.68. The Morgan fingerprint density at radius 1 is 0.420 bits per heavy atom. The molecule has 0 spiro atoms. The van der Waals surface area contributed by atoms with Crippen LogP contribution in [0, 0.1) is 36.4 Å². The minimum Gasteiger partial charge on any atom is -0.527 e. The van der Waals surface area contributed by atoms with Crippen molar-refractivity contribution >= 4 is 49.4 Å². The molecule has 12 aromatic rings. The summed E-state index contributed by atoms with van der Waals surface area (Å²) in [5, 5.41) is 22.3. The van der Waals surface area contributed by atoms with Crippen LogP contribution in [0.2, 0.25) is 0 Å². The number of hydrogen-bond acceptors (Lipinski definition) is 9. The average molecular weight is 2370 g/mol. The van der Waals surface area contributed by atoms with Crippen LogP contribution in [0.3, 0.4) is 0 Å². The number of phenols is 1. The van der Waals surface area contributed by atoms with Crippen LogP contribution in [0.15, 0.2) is 244 Å². The minimum absolute atomic E-state index is 0. The van der Waals surface area contributed by atoms with Gasteiger partial charge >= 0.3 is 5.97 Å². The third-order valence-corrected chi connectivity index (χ3v) is 20.4. The molecule has 7 heterocycles. The number of phenolic OH excluding ortho intramolecular Hbond substituents is 1. The standard InChI is InChI=1S/C16H18N2.2C14H16NP.C13H15N2P.C12H8NO2.C11H8NO.2Ir.3Pt.Rh/c1-18(2)11-5-6-13-8-9-14(12-16(13)18)15-7-3-4-10-17-15;2*1-16(2,3)13-8-6-7-12(11-13)14-9-4-5-10-15-14;1-16(2,3)12-6-4-5-11(9-12)13-7-8-14-10-15-13;14-12(15)10-5-3-4-9(8-10)11-6-1-2-7-13-11;13-10-5-3-4-9(8-10)11-6-1-2-7-12-11;;;;;;/h3-4,7-8,10,12H,5-6,11H2,1-2H3;2*4-6,8-11H,1-3H3;4,6-10H,1-3H3;1-3,5-8H,(H,14,15);1-3,5-8,13H;;;;;;/q;;;;2*-1;;;;;;. The zero-order valence-corrected chi connectivity index (χ0v) is 73.3. The number of aromatic nitrogens is 7. The molecule has 0 atom stereocenters. The number of fused-ring (bicyclic) bond motifs is 1. The summed E-state index contributed by atoms with van der Waals surface area (Å²) < 4.78 is 0.962. The summed E-state index contributed by atoms with van der Waals surface area (Å²) >= 11 is 0. The van der Waals surface area contributed by atoms with Crippen LogP contribution >= 0.6 is 21.8 Å². The van der Waals surface area contributed by atoms with Gasteiger partial charge in [-0.1, -0.05) is 84.8 Å². The van der Waals surface area contributed by atoms with Gasteiger partial charge in [-0.25, -0.2) is 9.78 Å². The molecule has 1 aliphatic rings. The van der Waals surface area contributed by atoms with Crippen LogP contribution in [-0.2, 0) is 129 Å². The number of benzene rings is 6. The van der Waals surface area contributed by atoms with E-state index in [0.29, 0.717) is 5.56 Å². The van der Waals surface area contributed by atoms with Crippen molar-refractivity contribution in [2.75, 3.05) is 80.6 Å². The monoisotopic (exact) mass is 2370 g/mol. The van der Waals surface area contributed by atoms with Crippen molar-refractivity contribution in [1.82, 2.24) is 39.4 Å². The number of aromatic carboxylic acids is 1. The first-order valence-electron chi connectivity index (χ1n) is 30.7. The molecule has 6 aromatic carbocycles. The number of pyridine rings is 5. The van der Waals surface area contributed by atoms with Crippen molar-refractivity contribution < 1.29 is 138 Å². The molecule has 1 aliphatic heterocycles. The fraction of sp³-hybridized carbons (Fsp3) is 0.175. The smallest absolute Gasteiger partial charge is 0.316 e. The van der Waals surface area contributed by atoms with Crippen molar-refractivity contribution in [2.45, 2.75) is 12.8 Å². The van der Waals surface area contributed by atoms with E-state index in [2.05, 4.69) is 194 Å². The van der Waals surface area contributed by atoms with Gasteiger partial charge in [-0.15, -0.1) is 167 Å². The van der Waals surface area contributed by atoms with Gasteiger partial charge in [-0.2, -0.15) is 0 Å². The number of nitrogens with zero attached hydrogens (tertiary/aromatic N) is 8. The molecule has 100 heavy (non-hydrogen) atoms. The van der Waals surface area contributed by atoms with Crippen LogP contribution < -0.4 is 20.4 Å². The zero-order valence-electron chi connectivity index (χ0n) is 57.4. The van der Waals surface area contributed by atoms with Crippen LogP contribution in [0.5, 0.6) is 5.75 Å². The summed E-state index contributed by atoms with van der Waals surface area (Å²) in [6.45, 7) is 22.1. The van der Waals surface area contributed by atoms with E-state index in [4.69, 9.17) is 5.11 Å². The van der Waals surface area contributed by atoms with Gasteiger partial charge in [0, 0.05) is 204 Å². The molecule has 0 aliphatic carbocycles. The fourth-order valence-corrected chi connectivity index (χ4v) is 12.8. The average Bonchev–Trinajstić information content (AvgIpc) is 0.786. The first-order valence-corrected chi connectivity index (χ1v) is 40.1. The maximum Gasteiger partial charge on any atom is 0.316 e. The minimum atomic E-state index is -0.979. The Morgan fingerprint density at radius 3 is 1.09 bits per heavy atom. The molecule has 0 bridgehead atoms. The third kappa shape index (κ3) is 28.7. The van der Waals surface area contributed by atoms with Crippen molar-refractivity contribution in [3.63, 3.8) is 0 Å². The Hall–Kier alpha value is -5.34. The Balaban J connectivity index is 0.000000404. The topological polar surface area (TPSA) is 148 Å². The Bertz CT molecular complexity index is 4120. The van der Waals surface area contributed by atoms with Gasteiger partial charge in [0.05, 0.1) is 86.3 Å². The van der Waals surface area contributed by atoms with Gasteiger partial charge in [0.2, 0.25) is 0 Å². The number of aromatic hydroxyl groups is 1. The summed E-state index contributed by atoms with van der Waals surface area (Å²) in [6, 6.07) is 83.1.